The average molecular weight is 437 g/mol. The summed E-state index contributed by atoms with van der Waals surface area (Å²) < 4.78 is 0. The van der Waals surface area contributed by atoms with Gasteiger partial charge >= 0.3 is 0 Å². The molecule has 0 radical (unpaired) electrons. The lowest BCUT2D eigenvalue weighted by atomic mass is 9.69. The Morgan fingerprint density at radius 1 is 0.656 bits per heavy atom. The van der Waals surface area contributed by atoms with Crippen LogP contribution in [0, 0.1) is 47.3 Å². The van der Waals surface area contributed by atoms with Crippen LogP contribution < -0.4 is 0 Å². The van der Waals surface area contributed by atoms with Gasteiger partial charge < -0.3 is 0 Å². The van der Waals surface area contributed by atoms with Crippen molar-refractivity contribution in [2.75, 3.05) is 0 Å². The number of unbranched alkanes of at least 4 members (excludes halogenated alkanes) is 1. The van der Waals surface area contributed by atoms with E-state index >= 15 is 0 Å². The van der Waals surface area contributed by atoms with Crippen molar-refractivity contribution in [3.05, 3.63) is 37.0 Å². The fourth-order valence-electron chi connectivity index (χ4n) is 7.77. The molecule has 180 valence electrons. The first-order valence-corrected chi connectivity index (χ1v) is 14.7. The van der Waals surface area contributed by atoms with Crippen molar-refractivity contribution in [1.29, 1.82) is 0 Å². The normalized spacial score (nSPS) is 41.0. The lowest BCUT2D eigenvalue weighted by Gasteiger charge is -2.37. The third kappa shape index (κ3) is 6.87. The van der Waals surface area contributed by atoms with Crippen LogP contribution in [0.2, 0.25) is 0 Å². The van der Waals surface area contributed by atoms with Gasteiger partial charge in [0.2, 0.25) is 0 Å². The molecule has 32 heavy (non-hydrogen) atoms. The van der Waals surface area contributed by atoms with Crippen LogP contribution in [0.15, 0.2) is 37.0 Å². The lowest BCUT2D eigenvalue weighted by Crippen LogP contribution is -2.25. The van der Waals surface area contributed by atoms with Gasteiger partial charge in [-0.3, -0.25) is 0 Å². The van der Waals surface area contributed by atoms with E-state index in [1.165, 1.54) is 109 Å². The van der Waals surface area contributed by atoms with Crippen LogP contribution >= 0.6 is 0 Å². The van der Waals surface area contributed by atoms with Gasteiger partial charge in [-0.1, -0.05) is 69.4 Å². The SMILES string of the molecule is C=CC1CCC(C2CCC(/C=C/C3C=CC(C4CCC(CCCC)CC4)CC3)CC2)CC1. The second-order valence-corrected chi connectivity index (χ2v) is 12.2. The zero-order chi connectivity index (χ0) is 22.2. The minimum absolute atomic E-state index is 0.721. The lowest BCUT2D eigenvalue weighted by molar-refractivity contribution is 0.166. The van der Waals surface area contributed by atoms with Crippen molar-refractivity contribution in [1.82, 2.24) is 0 Å². The largest absolute Gasteiger partial charge is 0.103 e. The number of hydrogen-bond donors (Lipinski definition) is 0. The first-order valence-electron chi connectivity index (χ1n) is 14.7. The quantitative estimate of drug-likeness (QED) is 0.332. The summed E-state index contributed by atoms with van der Waals surface area (Å²) in [6.07, 6.45) is 37.4. The molecule has 2 unspecified atom stereocenters. The molecule has 0 amide bonds. The molecule has 0 nitrogen and oxygen atoms in total. The van der Waals surface area contributed by atoms with E-state index in [0.717, 1.165) is 47.3 Å². The summed E-state index contributed by atoms with van der Waals surface area (Å²) in [5.74, 6) is 7.37. The summed E-state index contributed by atoms with van der Waals surface area (Å²) in [5, 5.41) is 0. The molecule has 2 atom stereocenters. The molecular weight excluding hydrogens is 384 g/mol. The van der Waals surface area contributed by atoms with E-state index in [2.05, 4.69) is 43.9 Å². The molecule has 4 aliphatic rings. The van der Waals surface area contributed by atoms with Gasteiger partial charge in [-0.05, 0) is 124 Å². The van der Waals surface area contributed by atoms with Crippen LogP contribution in [0.5, 0.6) is 0 Å². The summed E-state index contributed by atoms with van der Waals surface area (Å²) in [4.78, 5) is 0. The monoisotopic (exact) mass is 436 g/mol. The number of hydrogen-bond acceptors (Lipinski definition) is 0. The van der Waals surface area contributed by atoms with E-state index in [4.69, 9.17) is 0 Å². The van der Waals surface area contributed by atoms with Crippen molar-refractivity contribution in [3.63, 3.8) is 0 Å². The second-order valence-electron chi connectivity index (χ2n) is 12.2. The highest BCUT2D eigenvalue weighted by atomic mass is 14.4. The maximum atomic E-state index is 4.02. The van der Waals surface area contributed by atoms with Crippen LogP contribution in [0.25, 0.3) is 0 Å². The maximum Gasteiger partial charge on any atom is -0.00531 e. The Balaban J connectivity index is 1.14. The third-order valence-corrected chi connectivity index (χ3v) is 10.2. The van der Waals surface area contributed by atoms with Crippen molar-refractivity contribution in [2.45, 2.75) is 116 Å². The van der Waals surface area contributed by atoms with E-state index < -0.39 is 0 Å². The molecule has 0 heteroatoms. The summed E-state index contributed by atoms with van der Waals surface area (Å²) in [7, 11) is 0. The third-order valence-electron chi connectivity index (χ3n) is 10.2. The topological polar surface area (TPSA) is 0 Å². The first kappa shape index (κ1) is 24.3. The van der Waals surface area contributed by atoms with E-state index in [0.29, 0.717) is 0 Å². The summed E-state index contributed by atoms with van der Waals surface area (Å²) >= 11 is 0. The molecule has 4 rings (SSSR count). The number of rotatable bonds is 8. The van der Waals surface area contributed by atoms with E-state index in [1.54, 1.807) is 0 Å². The molecule has 0 N–H and O–H groups in total. The summed E-state index contributed by atoms with van der Waals surface area (Å²) in [6.45, 7) is 6.36. The van der Waals surface area contributed by atoms with Gasteiger partial charge in [-0.15, -0.1) is 6.58 Å². The Morgan fingerprint density at radius 3 is 1.84 bits per heavy atom. The Bertz CT molecular complexity index is 588. The Labute approximate surface area is 200 Å². The minimum Gasteiger partial charge on any atom is -0.103 e. The number of allylic oxidation sites excluding steroid dienone is 5. The molecule has 4 aliphatic carbocycles. The van der Waals surface area contributed by atoms with Gasteiger partial charge in [-0.2, -0.15) is 0 Å². The molecule has 0 aromatic heterocycles. The fraction of sp³-hybridized carbons (Fsp3) is 0.812. The highest BCUT2D eigenvalue weighted by Gasteiger charge is 2.30. The van der Waals surface area contributed by atoms with Crippen LogP contribution in [-0.4, -0.2) is 0 Å². The Hall–Kier alpha value is -0.780. The van der Waals surface area contributed by atoms with Crippen molar-refractivity contribution in [2.24, 2.45) is 47.3 Å². The molecule has 0 heterocycles. The van der Waals surface area contributed by atoms with Gasteiger partial charge in [0.15, 0.2) is 0 Å². The molecule has 0 bridgehead atoms. The van der Waals surface area contributed by atoms with Gasteiger partial charge in [0, 0.05) is 0 Å². The molecule has 0 spiro atoms. The van der Waals surface area contributed by atoms with Gasteiger partial charge in [0.05, 0.1) is 0 Å². The Kier molecular flexibility index (Phi) is 9.60. The maximum absolute atomic E-state index is 4.02. The van der Waals surface area contributed by atoms with Gasteiger partial charge in [0.25, 0.3) is 0 Å². The first-order chi connectivity index (χ1) is 15.7. The average Bonchev–Trinajstić information content (AvgIpc) is 2.87. The van der Waals surface area contributed by atoms with Gasteiger partial charge in [-0.25, -0.2) is 0 Å². The van der Waals surface area contributed by atoms with Crippen molar-refractivity contribution < 1.29 is 0 Å². The van der Waals surface area contributed by atoms with Crippen LogP contribution in [0.1, 0.15) is 116 Å². The predicted molar refractivity (Wildman–Crippen MR) is 141 cm³/mol. The van der Waals surface area contributed by atoms with Crippen LogP contribution in [0.3, 0.4) is 0 Å². The molecular formula is C32H52. The predicted octanol–water partition coefficient (Wildman–Crippen LogP) is 9.92. The molecule has 0 aromatic rings. The second kappa shape index (κ2) is 12.6. The summed E-state index contributed by atoms with van der Waals surface area (Å²) in [5.41, 5.74) is 0. The molecule has 0 aromatic carbocycles. The minimum atomic E-state index is 0.721. The zero-order valence-corrected chi connectivity index (χ0v) is 21.2. The Morgan fingerprint density at radius 2 is 1.28 bits per heavy atom. The molecule has 0 saturated heterocycles. The van der Waals surface area contributed by atoms with Crippen LogP contribution in [-0.2, 0) is 0 Å². The molecule has 3 fully saturated rings. The van der Waals surface area contributed by atoms with E-state index in [-0.39, 0.29) is 0 Å². The highest BCUT2D eigenvalue weighted by Crippen LogP contribution is 2.43. The van der Waals surface area contributed by atoms with Crippen LogP contribution in [0.4, 0.5) is 0 Å². The van der Waals surface area contributed by atoms with Gasteiger partial charge in [0.1, 0.15) is 0 Å². The van der Waals surface area contributed by atoms with E-state index in [9.17, 15) is 0 Å². The standard InChI is InChI=1S/C32H52/c1-3-5-6-26-11-19-30(20-12-26)32-23-15-28(16-24-32)8-7-27-13-21-31(22-14-27)29-17-9-25(4-2)10-18-29/h4,7-8,15,23,25-32H,2-3,5-6,9-14,16-22,24H2,1H3/b8-7+. The van der Waals surface area contributed by atoms with Crippen molar-refractivity contribution >= 4 is 0 Å². The summed E-state index contributed by atoms with van der Waals surface area (Å²) in [6, 6.07) is 0. The molecule has 3 saturated carbocycles. The smallest absolute Gasteiger partial charge is 0.00531 e. The molecule has 0 aliphatic heterocycles. The zero-order valence-electron chi connectivity index (χ0n) is 21.2. The van der Waals surface area contributed by atoms with Crippen molar-refractivity contribution in [3.8, 4) is 0 Å². The van der Waals surface area contributed by atoms with E-state index in [1.807, 2.05) is 0 Å². The fourth-order valence-corrected chi connectivity index (χ4v) is 7.77. The highest BCUT2D eigenvalue weighted by molar-refractivity contribution is 5.08.